The molecule has 4 heteroatoms. The van der Waals surface area contributed by atoms with Gasteiger partial charge in [0.2, 0.25) is 0 Å². The van der Waals surface area contributed by atoms with Gasteiger partial charge in [-0.1, -0.05) is 18.2 Å². The number of hydrogen-bond acceptors (Lipinski definition) is 3. The molecular weight excluding hydrogens is 265 g/mol. The molecule has 1 N–H and O–H groups in total. The minimum Gasteiger partial charge on any atom is -0.313 e. The molecule has 0 aliphatic carbocycles. The Balaban J connectivity index is 1.88. The predicted octanol–water partition coefficient (Wildman–Crippen LogP) is 3.00. The largest absolute Gasteiger partial charge is 0.313 e. The van der Waals surface area contributed by atoms with Crippen molar-refractivity contribution in [2.45, 2.75) is 19.0 Å². The summed E-state index contributed by atoms with van der Waals surface area (Å²) in [6.45, 7) is 1.74. The quantitative estimate of drug-likeness (QED) is 0.848. The Hall–Kier alpha value is -1.78. The Bertz CT molecular complexity index is 545. The molecule has 0 amide bonds. The van der Waals surface area contributed by atoms with E-state index < -0.39 is 0 Å². The zero-order valence-corrected chi connectivity index (χ0v) is 12.6. The number of benzene rings is 1. The van der Waals surface area contributed by atoms with Gasteiger partial charge >= 0.3 is 0 Å². The number of pyridine rings is 1. The van der Waals surface area contributed by atoms with Gasteiger partial charge in [0.1, 0.15) is 5.82 Å². The molecule has 1 aromatic carbocycles. The lowest BCUT2D eigenvalue weighted by Gasteiger charge is -2.21. The minimum absolute atomic E-state index is 0.159. The summed E-state index contributed by atoms with van der Waals surface area (Å²) in [6.07, 6.45) is 2.73. The Morgan fingerprint density at radius 3 is 2.76 bits per heavy atom. The van der Waals surface area contributed by atoms with Crippen molar-refractivity contribution in [3.05, 3.63) is 65.7 Å². The van der Waals surface area contributed by atoms with Crippen LogP contribution in [0.4, 0.5) is 4.39 Å². The van der Waals surface area contributed by atoms with E-state index in [1.54, 1.807) is 12.1 Å². The summed E-state index contributed by atoms with van der Waals surface area (Å²) in [4.78, 5) is 6.56. The molecular formula is C17H22FN3. The number of halogens is 1. The van der Waals surface area contributed by atoms with Crippen LogP contribution in [0.1, 0.15) is 23.7 Å². The Morgan fingerprint density at radius 1 is 1.24 bits per heavy atom. The molecule has 1 aromatic heterocycles. The van der Waals surface area contributed by atoms with Crippen LogP contribution in [0.5, 0.6) is 0 Å². The van der Waals surface area contributed by atoms with Crippen molar-refractivity contribution in [1.29, 1.82) is 0 Å². The maximum atomic E-state index is 13.3. The number of nitrogens with one attached hydrogen (secondary N) is 1. The molecule has 0 fully saturated rings. The lowest BCUT2D eigenvalue weighted by molar-refractivity contribution is 0.300. The van der Waals surface area contributed by atoms with Crippen LogP contribution in [0.2, 0.25) is 0 Å². The maximum absolute atomic E-state index is 13.3. The molecule has 0 radical (unpaired) electrons. The maximum Gasteiger partial charge on any atom is 0.123 e. The van der Waals surface area contributed by atoms with Crippen molar-refractivity contribution in [3.63, 3.8) is 0 Å². The summed E-state index contributed by atoms with van der Waals surface area (Å²) in [5, 5.41) is 3.26. The normalized spacial score (nSPS) is 12.6. The highest BCUT2D eigenvalue weighted by Gasteiger charge is 2.11. The number of aromatic nitrogens is 1. The van der Waals surface area contributed by atoms with Crippen LogP contribution in [0.15, 0.2) is 48.7 Å². The zero-order chi connectivity index (χ0) is 15.1. The van der Waals surface area contributed by atoms with Crippen molar-refractivity contribution >= 4 is 0 Å². The summed E-state index contributed by atoms with van der Waals surface area (Å²) in [5.41, 5.74) is 2.05. The zero-order valence-electron chi connectivity index (χ0n) is 12.6. The molecule has 2 aromatic rings. The Kier molecular flexibility index (Phi) is 5.84. The van der Waals surface area contributed by atoms with Crippen LogP contribution in [0.25, 0.3) is 0 Å². The van der Waals surface area contributed by atoms with Crippen LogP contribution in [0.3, 0.4) is 0 Å². The highest BCUT2D eigenvalue weighted by Crippen LogP contribution is 2.17. The van der Waals surface area contributed by atoms with Gasteiger partial charge in [0, 0.05) is 25.3 Å². The summed E-state index contributed by atoms with van der Waals surface area (Å²) in [6, 6.07) is 12.9. The van der Waals surface area contributed by atoms with E-state index in [-0.39, 0.29) is 11.9 Å². The first-order chi connectivity index (χ1) is 10.2. The standard InChI is InChI=1S/C17H22FN3/c1-19-17(14-6-5-7-15(18)12-14)9-11-21(2)13-16-8-3-4-10-20-16/h3-8,10,12,17,19H,9,11,13H2,1-2H3. The fourth-order valence-corrected chi connectivity index (χ4v) is 2.40. The second-order valence-corrected chi connectivity index (χ2v) is 5.24. The van der Waals surface area contributed by atoms with Crippen LogP contribution >= 0.6 is 0 Å². The SMILES string of the molecule is CNC(CCN(C)Cc1ccccn1)c1cccc(F)c1. The lowest BCUT2D eigenvalue weighted by atomic mass is 10.0. The number of rotatable bonds is 7. The average molecular weight is 287 g/mol. The summed E-state index contributed by atoms with van der Waals surface area (Å²) in [5.74, 6) is -0.186. The summed E-state index contributed by atoms with van der Waals surface area (Å²) < 4.78 is 13.3. The van der Waals surface area contributed by atoms with Crippen LogP contribution in [0, 0.1) is 5.82 Å². The first-order valence-corrected chi connectivity index (χ1v) is 7.20. The van der Waals surface area contributed by atoms with Gasteiger partial charge in [-0.2, -0.15) is 0 Å². The van der Waals surface area contributed by atoms with E-state index in [1.807, 2.05) is 37.5 Å². The number of nitrogens with zero attached hydrogens (tertiary/aromatic N) is 2. The Labute approximate surface area is 125 Å². The van der Waals surface area contributed by atoms with Crippen molar-refractivity contribution < 1.29 is 4.39 Å². The van der Waals surface area contributed by atoms with E-state index in [2.05, 4.69) is 22.2 Å². The predicted molar refractivity (Wildman–Crippen MR) is 83.4 cm³/mol. The first kappa shape index (κ1) is 15.6. The van der Waals surface area contributed by atoms with E-state index in [0.717, 1.165) is 30.8 Å². The van der Waals surface area contributed by atoms with Crippen LogP contribution < -0.4 is 5.32 Å². The van der Waals surface area contributed by atoms with Crippen molar-refractivity contribution in [1.82, 2.24) is 15.2 Å². The van der Waals surface area contributed by atoms with Crippen LogP contribution in [-0.4, -0.2) is 30.5 Å². The average Bonchev–Trinajstić information content (AvgIpc) is 2.49. The minimum atomic E-state index is -0.186. The fraction of sp³-hybridized carbons (Fsp3) is 0.353. The monoisotopic (exact) mass is 287 g/mol. The summed E-state index contributed by atoms with van der Waals surface area (Å²) in [7, 11) is 3.99. The van der Waals surface area contributed by atoms with Gasteiger partial charge in [-0.15, -0.1) is 0 Å². The molecule has 1 atom stereocenters. The van der Waals surface area contributed by atoms with Gasteiger partial charge in [-0.3, -0.25) is 4.98 Å². The van der Waals surface area contributed by atoms with E-state index in [1.165, 1.54) is 6.07 Å². The van der Waals surface area contributed by atoms with Crippen LogP contribution in [-0.2, 0) is 6.54 Å². The molecule has 3 nitrogen and oxygen atoms in total. The van der Waals surface area contributed by atoms with Crippen molar-refractivity contribution in [2.75, 3.05) is 20.6 Å². The van der Waals surface area contributed by atoms with Crippen molar-refractivity contribution in [2.24, 2.45) is 0 Å². The highest BCUT2D eigenvalue weighted by atomic mass is 19.1. The smallest absolute Gasteiger partial charge is 0.123 e. The topological polar surface area (TPSA) is 28.2 Å². The van der Waals surface area contributed by atoms with Gasteiger partial charge in [0.05, 0.1) is 5.69 Å². The molecule has 0 saturated heterocycles. The second kappa shape index (κ2) is 7.86. The molecule has 0 spiro atoms. The van der Waals surface area contributed by atoms with E-state index in [9.17, 15) is 4.39 Å². The van der Waals surface area contributed by atoms with Gasteiger partial charge in [-0.05, 0) is 50.3 Å². The molecule has 0 aliphatic rings. The van der Waals surface area contributed by atoms with Gasteiger partial charge in [0.15, 0.2) is 0 Å². The first-order valence-electron chi connectivity index (χ1n) is 7.20. The summed E-state index contributed by atoms with van der Waals surface area (Å²) >= 11 is 0. The molecule has 2 rings (SSSR count). The molecule has 0 aliphatic heterocycles. The molecule has 0 saturated carbocycles. The van der Waals surface area contributed by atoms with E-state index in [4.69, 9.17) is 0 Å². The molecule has 0 bridgehead atoms. The fourth-order valence-electron chi connectivity index (χ4n) is 2.40. The third-order valence-corrected chi connectivity index (χ3v) is 3.56. The van der Waals surface area contributed by atoms with E-state index >= 15 is 0 Å². The molecule has 112 valence electrons. The Morgan fingerprint density at radius 2 is 2.10 bits per heavy atom. The third-order valence-electron chi connectivity index (χ3n) is 3.56. The lowest BCUT2D eigenvalue weighted by Crippen LogP contribution is -2.25. The highest BCUT2D eigenvalue weighted by molar-refractivity contribution is 5.20. The van der Waals surface area contributed by atoms with Gasteiger partial charge in [-0.25, -0.2) is 4.39 Å². The van der Waals surface area contributed by atoms with Crippen molar-refractivity contribution in [3.8, 4) is 0 Å². The molecule has 1 unspecified atom stereocenters. The number of hydrogen-bond donors (Lipinski definition) is 1. The second-order valence-electron chi connectivity index (χ2n) is 5.24. The third kappa shape index (κ3) is 4.92. The van der Waals surface area contributed by atoms with E-state index in [0.29, 0.717) is 0 Å². The van der Waals surface area contributed by atoms with Gasteiger partial charge in [0.25, 0.3) is 0 Å². The van der Waals surface area contributed by atoms with Gasteiger partial charge < -0.3 is 10.2 Å². The molecule has 21 heavy (non-hydrogen) atoms. The molecule has 1 heterocycles.